The summed E-state index contributed by atoms with van der Waals surface area (Å²) in [6.07, 6.45) is 0. The summed E-state index contributed by atoms with van der Waals surface area (Å²) in [5.74, 6) is 0.197. The molecule has 9 heteroatoms. The van der Waals surface area contributed by atoms with Crippen LogP contribution in [0.2, 0.25) is 0 Å². The predicted octanol–water partition coefficient (Wildman–Crippen LogP) is 3.95. The first-order valence-corrected chi connectivity index (χ1v) is 10.3. The molecule has 8 nitrogen and oxygen atoms in total. The quantitative estimate of drug-likeness (QED) is 0.602. The van der Waals surface area contributed by atoms with Gasteiger partial charge in [0.05, 0.1) is 0 Å². The van der Waals surface area contributed by atoms with Gasteiger partial charge in [-0.2, -0.15) is 4.80 Å². The highest BCUT2D eigenvalue weighted by atomic mass is 32.2. The number of carbonyl (C=O) groups excluding carboxylic acids is 2. The van der Waals surface area contributed by atoms with Crippen LogP contribution in [0, 0.1) is 5.92 Å². The van der Waals surface area contributed by atoms with Crippen molar-refractivity contribution in [1.29, 1.82) is 0 Å². The number of thioether (sulfide) groups is 1. The molecular formula is C21H24N6O2S. The first-order valence-electron chi connectivity index (χ1n) is 9.50. The lowest BCUT2D eigenvalue weighted by molar-refractivity contribution is -0.121. The van der Waals surface area contributed by atoms with E-state index in [9.17, 15) is 9.59 Å². The van der Waals surface area contributed by atoms with Crippen LogP contribution in [0.1, 0.15) is 19.9 Å². The molecule has 0 fully saturated rings. The van der Waals surface area contributed by atoms with E-state index in [0.29, 0.717) is 11.5 Å². The molecule has 156 valence electrons. The van der Waals surface area contributed by atoms with E-state index in [1.807, 2.05) is 44.2 Å². The fourth-order valence-electron chi connectivity index (χ4n) is 2.73. The van der Waals surface area contributed by atoms with Crippen LogP contribution in [0.3, 0.4) is 0 Å². The van der Waals surface area contributed by atoms with Gasteiger partial charge in [-0.05, 0) is 47.2 Å². The molecule has 0 bridgehead atoms. The maximum Gasteiger partial charge on any atom is 0.285 e. The van der Waals surface area contributed by atoms with Gasteiger partial charge in [-0.3, -0.25) is 9.59 Å². The molecule has 30 heavy (non-hydrogen) atoms. The molecule has 1 heterocycles. The second-order valence-corrected chi connectivity index (χ2v) is 8.29. The van der Waals surface area contributed by atoms with Crippen LogP contribution in [0.25, 0.3) is 11.4 Å². The van der Waals surface area contributed by atoms with Crippen molar-refractivity contribution in [3.05, 3.63) is 54.6 Å². The molecular weight excluding hydrogens is 400 g/mol. The Kier molecular flexibility index (Phi) is 6.83. The molecule has 0 aliphatic heterocycles. The van der Waals surface area contributed by atoms with E-state index in [1.165, 1.54) is 9.70 Å². The van der Waals surface area contributed by atoms with Gasteiger partial charge < -0.3 is 10.2 Å². The van der Waals surface area contributed by atoms with Gasteiger partial charge in [-0.25, -0.2) is 0 Å². The summed E-state index contributed by atoms with van der Waals surface area (Å²) in [6.45, 7) is 3.87. The average molecular weight is 425 g/mol. The zero-order valence-corrected chi connectivity index (χ0v) is 18.1. The first-order chi connectivity index (χ1) is 14.3. The number of carbonyl (C=O) groups is 2. The molecule has 1 unspecified atom stereocenters. The van der Waals surface area contributed by atoms with E-state index in [-0.39, 0.29) is 17.1 Å². The second kappa shape index (κ2) is 9.53. The molecule has 3 aromatic rings. The maximum absolute atomic E-state index is 12.9. The van der Waals surface area contributed by atoms with E-state index < -0.39 is 6.04 Å². The number of rotatable bonds is 6. The van der Waals surface area contributed by atoms with E-state index in [2.05, 4.69) is 20.7 Å². The Morgan fingerprint density at radius 2 is 1.70 bits per heavy atom. The molecule has 2 amide bonds. The van der Waals surface area contributed by atoms with Gasteiger partial charge in [-0.15, -0.1) is 10.2 Å². The van der Waals surface area contributed by atoms with Crippen molar-refractivity contribution in [2.24, 2.45) is 5.92 Å². The largest absolute Gasteiger partial charge is 0.339 e. The average Bonchev–Trinajstić information content (AvgIpc) is 3.19. The number of nitrogens with zero attached hydrogens (tertiary/aromatic N) is 5. The number of nitrogens with one attached hydrogen (secondary N) is 1. The van der Waals surface area contributed by atoms with Crippen molar-refractivity contribution < 1.29 is 9.59 Å². The van der Waals surface area contributed by atoms with E-state index in [0.717, 1.165) is 22.2 Å². The van der Waals surface area contributed by atoms with Gasteiger partial charge in [0, 0.05) is 30.2 Å². The van der Waals surface area contributed by atoms with Crippen molar-refractivity contribution in [3.63, 3.8) is 0 Å². The van der Waals surface area contributed by atoms with Crippen molar-refractivity contribution in [3.8, 4) is 11.4 Å². The number of benzene rings is 2. The lowest BCUT2D eigenvalue weighted by Crippen LogP contribution is -2.31. The van der Waals surface area contributed by atoms with Crippen molar-refractivity contribution in [1.82, 2.24) is 25.1 Å². The lowest BCUT2D eigenvalue weighted by Gasteiger charge is -2.19. The topological polar surface area (TPSA) is 93.0 Å². The van der Waals surface area contributed by atoms with Gasteiger partial charge >= 0.3 is 0 Å². The van der Waals surface area contributed by atoms with Crippen LogP contribution in [-0.2, 0) is 4.79 Å². The Labute approximate surface area is 179 Å². The monoisotopic (exact) mass is 424 g/mol. The Morgan fingerprint density at radius 3 is 2.30 bits per heavy atom. The normalized spacial score (nSPS) is 11.9. The maximum atomic E-state index is 12.9. The van der Waals surface area contributed by atoms with Crippen LogP contribution in [0.15, 0.2) is 59.5 Å². The number of aromatic nitrogens is 4. The molecule has 0 saturated carbocycles. The molecule has 3 rings (SSSR count). The van der Waals surface area contributed by atoms with Gasteiger partial charge in [-0.1, -0.05) is 44.2 Å². The molecule has 0 spiro atoms. The number of hydrogen-bond acceptors (Lipinski definition) is 6. The molecule has 0 saturated heterocycles. The molecule has 1 aromatic heterocycles. The Morgan fingerprint density at radius 1 is 1.03 bits per heavy atom. The van der Waals surface area contributed by atoms with Crippen molar-refractivity contribution >= 4 is 28.6 Å². The Hall–Kier alpha value is -3.20. The van der Waals surface area contributed by atoms with Gasteiger partial charge in [0.1, 0.15) is 0 Å². The Balaban J connectivity index is 1.72. The smallest absolute Gasteiger partial charge is 0.285 e. The molecule has 1 atom stereocenters. The minimum absolute atomic E-state index is 0.0460. The second-order valence-electron chi connectivity index (χ2n) is 7.26. The minimum atomic E-state index is -0.612. The molecule has 1 N–H and O–H groups in total. The standard InChI is InChI=1S/C21H24N6O2S/c1-14(2)18(27-24-19(23-25-27)15-8-6-5-7-9-15)20(28)22-16-10-12-17(13-11-16)30-21(29)26(3)4/h5-14,18H,1-4H3,(H,22,28). The summed E-state index contributed by atoms with van der Waals surface area (Å²) < 4.78 is 0. The van der Waals surface area contributed by atoms with E-state index in [1.54, 1.807) is 38.4 Å². The van der Waals surface area contributed by atoms with Crippen LogP contribution >= 0.6 is 11.8 Å². The summed E-state index contributed by atoms with van der Waals surface area (Å²) in [6, 6.07) is 16.0. The Bertz CT molecular complexity index is 1000. The van der Waals surface area contributed by atoms with Crippen LogP contribution in [0.4, 0.5) is 10.5 Å². The highest BCUT2D eigenvalue weighted by Crippen LogP contribution is 2.24. The fourth-order valence-corrected chi connectivity index (χ4v) is 3.39. The predicted molar refractivity (Wildman–Crippen MR) is 117 cm³/mol. The van der Waals surface area contributed by atoms with E-state index in [4.69, 9.17) is 0 Å². The fraction of sp³-hybridized carbons (Fsp3) is 0.286. The van der Waals surface area contributed by atoms with Crippen molar-refractivity contribution in [2.75, 3.05) is 19.4 Å². The summed E-state index contributed by atoms with van der Waals surface area (Å²) in [5.41, 5.74) is 1.47. The third-order valence-corrected chi connectivity index (χ3v) is 5.35. The first kappa shape index (κ1) is 21.5. The SMILES string of the molecule is CC(C)C(C(=O)Nc1ccc(SC(=O)N(C)C)cc1)n1nnc(-c2ccccc2)n1. The highest BCUT2D eigenvalue weighted by molar-refractivity contribution is 8.13. The van der Waals surface area contributed by atoms with Gasteiger partial charge in [0.2, 0.25) is 5.82 Å². The summed E-state index contributed by atoms with van der Waals surface area (Å²) >= 11 is 1.13. The number of tetrazole rings is 1. The number of anilines is 1. The molecule has 0 aliphatic rings. The summed E-state index contributed by atoms with van der Waals surface area (Å²) in [7, 11) is 3.41. The van der Waals surface area contributed by atoms with Crippen LogP contribution in [-0.4, -0.2) is 50.3 Å². The number of hydrogen-bond donors (Lipinski definition) is 1. The van der Waals surface area contributed by atoms with E-state index >= 15 is 0 Å². The van der Waals surface area contributed by atoms with Crippen molar-refractivity contribution in [2.45, 2.75) is 24.8 Å². The lowest BCUT2D eigenvalue weighted by atomic mass is 10.0. The summed E-state index contributed by atoms with van der Waals surface area (Å²) in [5, 5.41) is 15.5. The molecule has 2 aromatic carbocycles. The van der Waals surface area contributed by atoms with Gasteiger partial charge in [0.15, 0.2) is 6.04 Å². The van der Waals surface area contributed by atoms with Gasteiger partial charge in [0.25, 0.3) is 11.1 Å². The summed E-state index contributed by atoms with van der Waals surface area (Å²) in [4.78, 5) is 28.4. The highest BCUT2D eigenvalue weighted by Gasteiger charge is 2.27. The minimum Gasteiger partial charge on any atom is -0.339 e. The van der Waals surface area contributed by atoms with Crippen LogP contribution < -0.4 is 5.32 Å². The van der Waals surface area contributed by atoms with Crippen LogP contribution in [0.5, 0.6) is 0 Å². The number of amides is 2. The zero-order chi connectivity index (χ0) is 21.7. The third-order valence-electron chi connectivity index (χ3n) is 4.30. The third kappa shape index (κ3) is 5.24. The molecule has 0 radical (unpaired) electrons. The zero-order valence-electron chi connectivity index (χ0n) is 17.3. The molecule has 0 aliphatic carbocycles.